The molecule has 0 spiro atoms. The van der Waals surface area contributed by atoms with Crippen molar-refractivity contribution in [1.29, 1.82) is 0 Å². The van der Waals surface area contributed by atoms with E-state index < -0.39 is 0 Å². The van der Waals surface area contributed by atoms with Gasteiger partial charge in [0.05, 0.1) is 0 Å². The molecule has 2 radical (unpaired) electrons. The van der Waals surface area contributed by atoms with E-state index in [0.29, 0.717) is 0 Å². The van der Waals surface area contributed by atoms with Gasteiger partial charge in [0, 0.05) is 0 Å². The highest BCUT2D eigenvalue weighted by molar-refractivity contribution is 4.59. The molecular weight excluding hydrogens is 288 g/mol. The van der Waals surface area contributed by atoms with Gasteiger partial charge in [-0.3, -0.25) is 0 Å². The lowest BCUT2D eigenvalue weighted by atomic mass is 9.92. The lowest BCUT2D eigenvalue weighted by Crippen LogP contribution is -1.99. The molecular formula is C24H48. The molecule has 0 nitrogen and oxygen atoms in total. The van der Waals surface area contributed by atoms with E-state index in [2.05, 4.69) is 20.8 Å². The maximum Gasteiger partial charge on any atom is -0.0417 e. The Bertz CT molecular complexity index is 208. The van der Waals surface area contributed by atoms with E-state index in [4.69, 9.17) is 0 Å². The van der Waals surface area contributed by atoms with Gasteiger partial charge in [-0.2, -0.15) is 0 Å². The minimum Gasteiger partial charge on any atom is -0.0651 e. The summed E-state index contributed by atoms with van der Waals surface area (Å²) >= 11 is 0. The summed E-state index contributed by atoms with van der Waals surface area (Å²) in [6.45, 7) is 10.2. The second-order valence-corrected chi connectivity index (χ2v) is 7.86. The molecule has 0 saturated heterocycles. The first-order valence-electron chi connectivity index (χ1n) is 11.4. The van der Waals surface area contributed by atoms with Gasteiger partial charge in [-0.1, -0.05) is 149 Å². The first kappa shape index (κ1) is 24.0. The standard InChI is InChI=1S/C24H48/c1-4-7-9-11-13-14-15-17-19-21-23-24(6-3)22-20-18-16-12-10-8-5-2/h24H,1-2,4-23H2,3H3. The zero-order valence-corrected chi connectivity index (χ0v) is 17.1. The molecule has 0 aliphatic rings. The van der Waals surface area contributed by atoms with Gasteiger partial charge in [-0.25, -0.2) is 0 Å². The van der Waals surface area contributed by atoms with Crippen LogP contribution in [0.15, 0.2) is 0 Å². The first-order valence-corrected chi connectivity index (χ1v) is 11.4. The smallest absolute Gasteiger partial charge is 0.0417 e. The Balaban J connectivity index is 3.27. The van der Waals surface area contributed by atoms with Gasteiger partial charge < -0.3 is 0 Å². The van der Waals surface area contributed by atoms with Crippen LogP contribution in [0.2, 0.25) is 0 Å². The lowest BCUT2D eigenvalue weighted by molar-refractivity contribution is 0.392. The second kappa shape index (κ2) is 21.0. The number of hydrogen-bond donors (Lipinski definition) is 0. The molecule has 0 amide bonds. The van der Waals surface area contributed by atoms with Gasteiger partial charge in [-0.15, -0.1) is 0 Å². The van der Waals surface area contributed by atoms with Crippen molar-refractivity contribution in [2.75, 3.05) is 0 Å². The van der Waals surface area contributed by atoms with Gasteiger partial charge in [0.15, 0.2) is 0 Å². The third-order valence-electron chi connectivity index (χ3n) is 5.55. The van der Waals surface area contributed by atoms with Crippen LogP contribution in [0, 0.1) is 19.8 Å². The van der Waals surface area contributed by atoms with Crippen LogP contribution in [0.4, 0.5) is 0 Å². The van der Waals surface area contributed by atoms with Gasteiger partial charge >= 0.3 is 0 Å². The number of unbranched alkanes of at least 4 members (excludes halogenated alkanes) is 15. The topological polar surface area (TPSA) is 0 Å². The predicted molar refractivity (Wildman–Crippen MR) is 112 cm³/mol. The summed E-state index contributed by atoms with van der Waals surface area (Å²) in [5.74, 6) is 1.01. The molecule has 0 rings (SSSR count). The van der Waals surface area contributed by atoms with E-state index in [-0.39, 0.29) is 0 Å². The molecule has 0 heteroatoms. The quantitative estimate of drug-likeness (QED) is 0.194. The van der Waals surface area contributed by atoms with Crippen LogP contribution < -0.4 is 0 Å². The maximum atomic E-state index is 3.92. The van der Waals surface area contributed by atoms with Gasteiger partial charge in [0.25, 0.3) is 0 Å². The van der Waals surface area contributed by atoms with Crippen molar-refractivity contribution in [3.05, 3.63) is 13.8 Å². The van der Waals surface area contributed by atoms with Crippen molar-refractivity contribution < 1.29 is 0 Å². The Kier molecular flexibility index (Phi) is 21.0. The Morgan fingerprint density at radius 2 is 0.750 bits per heavy atom. The Labute approximate surface area is 155 Å². The molecule has 0 saturated carbocycles. The van der Waals surface area contributed by atoms with E-state index in [1.165, 1.54) is 116 Å². The van der Waals surface area contributed by atoms with Crippen LogP contribution in [0.5, 0.6) is 0 Å². The van der Waals surface area contributed by atoms with Crippen LogP contribution in [0.25, 0.3) is 0 Å². The summed E-state index contributed by atoms with van der Waals surface area (Å²) in [7, 11) is 0. The number of rotatable bonds is 20. The molecule has 0 aromatic heterocycles. The molecule has 1 unspecified atom stereocenters. The fourth-order valence-electron chi connectivity index (χ4n) is 3.72. The van der Waals surface area contributed by atoms with Crippen molar-refractivity contribution in [2.24, 2.45) is 5.92 Å². The molecule has 0 aliphatic carbocycles. The molecule has 144 valence electrons. The molecule has 1 atom stereocenters. The number of hydrogen-bond acceptors (Lipinski definition) is 0. The highest BCUT2D eigenvalue weighted by atomic mass is 14.1. The van der Waals surface area contributed by atoms with Gasteiger partial charge in [0.2, 0.25) is 0 Å². The lowest BCUT2D eigenvalue weighted by Gasteiger charge is -2.14. The van der Waals surface area contributed by atoms with Crippen molar-refractivity contribution in [3.63, 3.8) is 0 Å². The van der Waals surface area contributed by atoms with Crippen LogP contribution in [-0.4, -0.2) is 0 Å². The van der Waals surface area contributed by atoms with Crippen molar-refractivity contribution >= 4 is 0 Å². The van der Waals surface area contributed by atoms with E-state index in [0.717, 1.165) is 18.8 Å². The molecule has 0 heterocycles. The molecule has 24 heavy (non-hydrogen) atoms. The monoisotopic (exact) mass is 336 g/mol. The Morgan fingerprint density at radius 3 is 1.04 bits per heavy atom. The largest absolute Gasteiger partial charge is 0.0651 e. The second-order valence-electron chi connectivity index (χ2n) is 7.86. The van der Waals surface area contributed by atoms with Crippen LogP contribution in [-0.2, 0) is 0 Å². The van der Waals surface area contributed by atoms with Crippen molar-refractivity contribution in [1.82, 2.24) is 0 Å². The molecule has 0 bridgehead atoms. The van der Waals surface area contributed by atoms with E-state index in [1.54, 1.807) is 0 Å². The Morgan fingerprint density at radius 1 is 0.458 bits per heavy atom. The van der Waals surface area contributed by atoms with E-state index in [9.17, 15) is 0 Å². The highest BCUT2D eigenvalue weighted by Gasteiger charge is 2.05. The van der Waals surface area contributed by atoms with Crippen molar-refractivity contribution in [2.45, 2.75) is 135 Å². The fourth-order valence-corrected chi connectivity index (χ4v) is 3.72. The van der Waals surface area contributed by atoms with Gasteiger partial charge in [-0.05, 0) is 5.92 Å². The molecule has 0 aromatic carbocycles. The molecule has 0 N–H and O–H groups in total. The van der Waals surface area contributed by atoms with Crippen LogP contribution >= 0.6 is 0 Å². The summed E-state index contributed by atoms with van der Waals surface area (Å²) in [6.07, 6.45) is 28.1. The normalized spacial score (nSPS) is 12.6. The molecule has 0 fully saturated rings. The highest BCUT2D eigenvalue weighted by Crippen LogP contribution is 2.21. The zero-order valence-electron chi connectivity index (χ0n) is 17.1. The Hall–Kier alpha value is 0. The minimum absolute atomic E-state index is 1.01. The third kappa shape index (κ3) is 18.3. The summed E-state index contributed by atoms with van der Waals surface area (Å²) in [5.41, 5.74) is 0. The predicted octanol–water partition coefficient (Wildman–Crippen LogP) is 9.09. The first-order chi connectivity index (χ1) is 11.8. The third-order valence-corrected chi connectivity index (χ3v) is 5.55. The molecule has 0 aromatic rings. The molecule has 0 aliphatic heterocycles. The summed E-state index contributed by atoms with van der Waals surface area (Å²) in [6, 6.07) is 0. The SMILES string of the molecule is [CH2]CCCCCCCCCCCC(CC)CCCCCCCC[CH2]. The summed E-state index contributed by atoms with van der Waals surface area (Å²) in [4.78, 5) is 0. The average molecular weight is 337 g/mol. The van der Waals surface area contributed by atoms with Crippen LogP contribution in [0.1, 0.15) is 135 Å². The fraction of sp³-hybridized carbons (Fsp3) is 0.917. The van der Waals surface area contributed by atoms with Crippen molar-refractivity contribution in [3.8, 4) is 0 Å². The van der Waals surface area contributed by atoms with E-state index in [1.807, 2.05) is 0 Å². The van der Waals surface area contributed by atoms with E-state index >= 15 is 0 Å². The average Bonchev–Trinajstić information content (AvgIpc) is 2.60. The maximum absolute atomic E-state index is 3.92. The zero-order chi connectivity index (χ0) is 17.7. The van der Waals surface area contributed by atoms with Crippen LogP contribution in [0.3, 0.4) is 0 Å². The summed E-state index contributed by atoms with van der Waals surface area (Å²) < 4.78 is 0. The summed E-state index contributed by atoms with van der Waals surface area (Å²) in [5, 5.41) is 0. The van der Waals surface area contributed by atoms with Gasteiger partial charge in [0.1, 0.15) is 0 Å². The minimum atomic E-state index is 1.01.